The number of benzene rings is 4. The van der Waals surface area contributed by atoms with Crippen LogP contribution in [0.15, 0.2) is 91.0 Å². The maximum atomic E-state index is 13.7. The summed E-state index contributed by atoms with van der Waals surface area (Å²) in [4.78, 5) is 36.0. The molecule has 8 nitrogen and oxygen atoms in total. The quantitative estimate of drug-likeness (QED) is 0.151. The van der Waals surface area contributed by atoms with Crippen molar-refractivity contribution in [1.82, 2.24) is 35.1 Å². The second-order valence-corrected chi connectivity index (χ2v) is 12.8. The summed E-state index contributed by atoms with van der Waals surface area (Å²) < 4.78 is 13.7. The summed E-state index contributed by atoms with van der Waals surface area (Å²) in [5, 5.41) is 3.05. The lowest BCUT2D eigenvalue weighted by molar-refractivity contribution is 0.0949. The molecule has 1 amide bonds. The van der Waals surface area contributed by atoms with Crippen molar-refractivity contribution < 1.29 is 9.18 Å². The molecule has 7 rings (SSSR count). The van der Waals surface area contributed by atoms with Crippen LogP contribution in [0.3, 0.4) is 0 Å². The van der Waals surface area contributed by atoms with Gasteiger partial charge in [-0.1, -0.05) is 68.4 Å². The minimum absolute atomic E-state index is 0.106. The van der Waals surface area contributed by atoms with Crippen LogP contribution in [-0.4, -0.2) is 74.9 Å². The molecule has 2 aromatic heterocycles. The van der Waals surface area contributed by atoms with Gasteiger partial charge in [-0.15, -0.1) is 0 Å². The fourth-order valence-electron chi connectivity index (χ4n) is 6.75. The summed E-state index contributed by atoms with van der Waals surface area (Å²) >= 11 is 0. The minimum atomic E-state index is -0.247. The number of nitrogens with zero attached hydrogens (tertiary/aromatic N) is 5. The van der Waals surface area contributed by atoms with E-state index in [1.807, 2.05) is 36.4 Å². The first-order chi connectivity index (χ1) is 24.0. The molecule has 0 atom stereocenters. The molecule has 0 saturated carbocycles. The van der Waals surface area contributed by atoms with Crippen molar-refractivity contribution in [1.29, 1.82) is 0 Å². The highest BCUT2D eigenvalue weighted by Gasteiger charge is 2.23. The molecule has 1 aliphatic heterocycles. The standard InChI is InChI=1S/C40H42FN7O/c1-3-47(4-2)23-20-42-40(49)31-14-16-33-35(24-31)44-38(37(43-33)28-8-6-5-7-9-28)29-12-10-27(11-13-29)26-48-21-18-30(19-22-48)39-45-34-17-15-32(41)25-36(34)46-39/h5-17,24-25,30H,3-4,18-23,26H2,1-2H3,(H,42,49)(H,45,46). The molecule has 1 aliphatic rings. The van der Waals surface area contributed by atoms with E-state index in [0.29, 0.717) is 23.5 Å². The van der Waals surface area contributed by atoms with Crippen LogP contribution in [0.5, 0.6) is 0 Å². The molecule has 9 heteroatoms. The number of carbonyl (C=O) groups excluding carboxylic acids is 1. The normalized spacial score (nSPS) is 14.2. The van der Waals surface area contributed by atoms with Gasteiger partial charge in [0.15, 0.2) is 0 Å². The second kappa shape index (κ2) is 14.6. The van der Waals surface area contributed by atoms with E-state index in [4.69, 9.17) is 15.0 Å². The molecule has 1 fully saturated rings. The van der Waals surface area contributed by atoms with Gasteiger partial charge in [-0.05, 0) is 81.0 Å². The number of H-pyrrole nitrogens is 1. The van der Waals surface area contributed by atoms with Crippen molar-refractivity contribution in [2.75, 3.05) is 39.3 Å². The van der Waals surface area contributed by atoms with E-state index in [9.17, 15) is 9.18 Å². The number of likely N-dealkylation sites (tertiary alicyclic amines) is 1. The van der Waals surface area contributed by atoms with Gasteiger partial charge in [0.1, 0.15) is 11.6 Å². The van der Waals surface area contributed by atoms with Gasteiger partial charge in [0.25, 0.3) is 5.91 Å². The Morgan fingerprint density at radius 2 is 1.53 bits per heavy atom. The van der Waals surface area contributed by atoms with E-state index in [1.165, 1.54) is 17.7 Å². The highest BCUT2D eigenvalue weighted by molar-refractivity contribution is 5.98. The summed E-state index contributed by atoms with van der Waals surface area (Å²) in [5.41, 5.74) is 8.40. The van der Waals surface area contributed by atoms with Crippen molar-refractivity contribution in [2.24, 2.45) is 0 Å². The van der Waals surface area contributed by atoms with Crippen LogP contribution in [0.4, 0.5) is 4.39 Å². The van der Waals surface area contributed by atoms with Crippen molar-refractivity contribution in [2.45, 2.75) is 39.2 Å². The molecule has 1 saturated heterocycles. The third kappa shape index (κ3) is 7.38. The summed E-state index contributed by atoms with van der Waals surface area (Å²) in [6.07, 6.45) is 2.01. The first kappa shape index (κ1) is 32.6. The van der Waals surface area contributed by atoms with Gasteiger partial charge in [-0.2, -0.15) is 0 Å². The Kier molecular flexibility index (Phi) is 9.72. The van der Waals surface area contributed by atoms with Gasteiger partial charge >= 0.3 is 0 Å². The Bertz CT molecular complexity index is 2050. The molecular weight excluding hydrogens is 613 g/mol. The fourth-order valence-corrected chi connectivity index (χ4v) is 6.75. The average Bonchev–Trinajstić information content (AvgIpc) is 3.57. The number of likely N-dealkylation sites (N-methyl/N-ethyl adjacent to an activating group) is 1. The Morgan fingerprint density at radius 3 is 2.27 bits per heavy atom. The van der Waals surface area contributed by atoms with E-state index in [0.717, 1.165) is 97.0 Å². The van der Waals surface area contributed by atoms with Crippen LogP contribution in [0.25, 0.3) is 44.6 Å². The van der Waals surface area contributed by atoms with E-state index in [1.54, 1.807) is 6.07 Å². The molecule has 0 spiro atoms. The molecule has 0 unspecified atom stereocenters. The van der Waals surface area contributed by atoms with Crippen LogP contribution in [0, 0.1) is 5.82 Å². The number of hydrogen-bond acceptors (Lipinski definition) is 6. The Hall–Kier alpha value is -4.99. The Balaban J connectivity index is 1.07. The molecule has 0 bridgehead atoms. The summed E-state index contributed by atoms with van der Waals surface area (Å²) in [6, 6.07) is 29.0. The SMILES string of the molecule is CCN(CC)CCNC(=O)c1ccc2nc(-c3ccccc3)c(-c3ccc(CN4CCC(c5nc6ccc(F)cc6[nH]5)CC4)cc3)nc2c1. The lowest BCUT2D eigenvalue weighted by Crippen LogP contribution is -2.34. The number of halogens is 1. The maximum Gasteiger partial charge on any atom is 0.251 e. The molecule has 250 valence electrons. The van der Waals surface area contributed by atoms with E-state index in [2.05, 4.69) is 70.3 Å². The molecule has 2 N–H and O–H groups in total. The van der Waals surface area contributed by atoms with Crippen LogP contribution in [-0.2, 0) is 6.54 Å². The van der Waals surface area contributed by atoms with Crippen LogP contribution in [0.2, 0.25) is 0 Å². The van der Waals surface area contributed by atoms with E-state index < -0.39 is 0 Å². The highest BCUT2D eigenvalue weighted by atomic mass is 19.1. The van der Waals surface area contributed by atoms with Crippen LogP contribution in [0.1, 0.15) is 54.4 Å². The third-order valence-corrected chi connectivity index (χ3v) is 9.65. The second-order valence-electron chi connectivity index (χ2n) is 12.8. The first-order valence-electron chi connectivity index (χ1n) is 17.3. The Labute approximate surface area is 286 Å². The van der Waals surface area contributed by atoms with Crippen LogP contribution < -0.4 is 5.32 Å². The molecule has 0 radical (unpaired) electrons. The maximum absolute atomic E-state index is 13.7. The zero-order valence-electron chi connectivity index (χ0n) is 28.1. The number of hydrogen-bond donors (Lipinski definition) is 2. The third-order valence-electron chi connectivity index (χ3n) is 9.65. The largest absolute Gasteiger partial charge is 0.351 e. The van der Waals surface area contributed by atoms with Gasteiger partial charge in [0.05, 0.1) is 33.5 Å². The van der Waals surface area contributed by atoms with Crippen molar-refractivity contribution in [3.05, 3.63) is 114 Å². The smallest absolute Gasteiger partial charge is 0.251 e. The average molecular weight is 656 g/mol. The number of rotatable bonds is 11. The topological polar surface area (TPSA) is 90.0 Å². The number of aromatic amines is 1. The van der Waals surface area contributed by atoms with E-state index >= 15 is 0 Å². The molecule has 0 aliphatic carbocycles. The summed E-state index contributed by atoms with van der Waals surface area (Å²) in [5.74, 6) is 0.947. The predicted octanol–water partition coefficient (Wildman–Crippen LogP) is 7.43. The van der Waals surface area contributed by atoms with Gasteiger partial charge in [-0.3, -0.25) is 9.69 Å². The number of fused-ring (bicyclic) bond motifs is 2. The molecular formula is C40H42FN7O. The Morgan fingerprint density at radius 1 is 0.837 bits per heavy atom. The monoisotopic (exact) mass is 655 g/mol. The van der Waals surface area contributed by atoms with Gasteiger partial charge in [-0.25, -0.2) is 19.3 Å². The number of imidazole rings is 1. The van der Waals surface area contributed by atoms with E-state index in [-0.39, 0.29) is 11.7 Å². The van der Waals surface area contributed by atoms with Gasteiger partial charge in [0.2, 0.25) is 0 Å². The van der Waals surface area contributed by atoms with Crippen molar-refractivity contribution in [3.63, 3.8) is 0 Å². The summed E-state index contributed by atoms with van der Waals surface area (Å²) in [6.45, 7) is 10.4. The van der Waals surface area contributed by atoms with Crippen LogP contribution >= 0.6 is 0 Å². The molecule has 4 aromatic carbocycles. The zero-order valence-corrected chi connectivity index (χ0v) is 28.1. The predicted molar refractivity (Wildman–Crippen MR) is 194 cm³/mol. The number of amides is 1. The lowest BCUT2D eigenvalue weighted by Gasteiger charge is -2.31. The molecule has 49 heavy (non-hydrogen) atoms. The zero-order chi connectivity index (χ0) is 33.7. The number of carbonyl (C=O) groups is 1. The minimum Gasteiger partial charge on any atom is -0.351 e. The lowest BCUT2D eigenvalue weighted by atomic mass is 9.95. The number of nitrogens with one attached hydrogen (secondary N) is 2. The molecule has 3 heterocycles. The first-order valence-corrected chi connectivity index (χ1v) is 17.3. The van der Waals surface area contributed by atoms with Gasteiger partial charge in [0, 0.05) is 42.2 Å². The summed E-state index contributed by atoms with van der Waals surface area (Å²) in [7, 11) is 0. The molecule has 6 aromatic rings. The number of piperidine rings is 1. The van der Waals surface area contributed by atoms with Crippen molar-refractivity contribution >= 4 is 28.0 Å². The fraction of sp³-hybridized carbons (Fsp3) is 0.300. The van der Waals surface area contributed by atoms with Crippen molar-refractivity contribution in [3.8, 4) is 22.5 Å². The number of aromatic nitrogens is 4. The van der Waals surface area contributed by atoms with Gasteiger partial charge < -0.3 is 15.2 Å². The highest BCUT2D eigenvalue weighted by Crippen LogP contribution is 2.32.